The van der Waals surface area contributed by atoms with Gasteiger partial charge in [0, 0.05) is 65.2 Å². The van der Waals surface area contributed by atoms with Crippen LogP contribution in [0.2, 0.25) is 0 Å². The summed E-state index contributed by atoms with van der Waals surface area (Å²) in [6.07, 6.45) is 5.18. The summed E-state index contributed by atoms with van der Waals surface area (Å²) in [5, 5.41) is 11.8. The van der Waals surface area contributed by atoms with Crippen molar-refractivity contribution in [1.82, 2.24) is 8.10 Å². The molecular formula is C13H12IN3O2. The number of nitrogens with one attached hydrogen (secondary N) is 1. The third-order valence-electron chi connectivity index (χ3n) is 3.38. The molecule has 0 saturated carbocycles. The summed E-state index contributed by atoms with van der Waals surface area (Å²) in [5.74, 6) is 0. The third kappa shape index (κ3) is 2.37. The molecule has 0 radical (unpaired) electrons. The number of benzene rings is 1. The zero-order valence-corrected chi connectivity index (χ0v) is 12.3. The molecule has 1 N–H and O–H groups in total. The number of fused-ring (bicyclic) bond motifs is 1. The highest BCUT2D eigenvalue weighted by Crippen LogP contribution is 2.31. The Kier molecular flexibility index (Phi) is 3.28. The van der Waals surface area contributed by atoms with Crippen LogP contribution >= 0.6 is 22.9 Å². The zero-order chi connectivity index (χ0) is 13.4. The predicted octanol–water partition coefficient (Wildman–Crippen LogP) is 3.52. The van der Waals surface area contributed by atoms with Crippen LogP contribution in [-0.2, 0) is 0 Å². The summed E-state index contributed by atoms with van der Waals surface area (Å²) in [7, 11) is 0. The molecule has 0 saturated heterocycles. The van der Waals surface area contributed by atoms with Gasteiger partial charge in [-0.25, -0.2) is 3.11 Å². The van der Waals surface area contributed by atoms with Gasteiger partial charge in [0.15, 0.2) is 0 Å². The number of aromatic nitrogens is 1. The smallest absolute Gasteiger partial charge is 0.271 e. The first-order valence-corrected chi connectivity index (χ1v) is 6.97. The van der Waals surface area contributed by atoms with Gasteiger partial charge >= 0.3 is 0 Å². The maximum atomic E-state index is 10.8. The Labute approximate surface area is 123 Å². The Morgan fingerprint density at radius 1 is 1.42 bits per heavy atom. The van der Waals surface area contributed by atoms with Gasteiger partial charge in [0.25, 0.3) is 5.69 Å². The standard InChI is InChI=1S/C13H12IN3O2/c14-16-5-3-9(4-6-16)12-8-15-13-7-10(17(18)19)1-2-11(12)13/h1-3,7-8,15H,4-6H2. The molecule has 1 aromatic carbocycles. The first-order valence-electron chi connectivity index (χ1n) is 6.01. The lowest BCUT2D eigenvalue weighted by atomic mass is 10.00. The highest BCUT2D eigenvalue weighted by Gasteiger charge is 2.15. The minimum absolute atomic E-state index is 0.122. The molecule has 1 aliphatic rings. The van der Waals surface area contributed by atoms with E-state index in [0.717, 1.165) is 36.0 Å². The van der Waals surface area contributed by atoms with Crippen LogP contribution in [0.15, 0.2) is 30.5 Å². The van der Waals surface area contributed by atoms with Crippen LogP contribution in [0, 0.1) is 10.1 Å². The van der Waals surface area contributed by atoms with E-state index >= 15 is 0 Å². The van der Waals surface area contributed by atoms with E-state index in [-0.39, 0.29) is 10.6 Å². The van der Waals surface area contributed by atoms with Crippen LogP contribution in [0.5, 0.6) is 0 Å². The number of hydrogen-bond donors (Lipinski definition) is 1. The second-order valence-electron chi connectivity index (χ2n) is 4.54. The van der Waals surface area contributed by atoms with Gasteiger partial charge in [-0.2, -0.15) is 0 Å². The molecule has 3 rings (SSSR count). The van der Waals surface area contributed by atoms with Crippen molar-refractivity contribution in [2.24, 2.45) is 0 Å². The number of rotatable bonds is 2. The second-order valence-corrected chi connectivity index (χ2v) is 5.90. The Balaban J connectivity index is 2.04. The molecule has 0 atom stereocenters. The van der Waals surface area contributed by atoms with Crippen LogP contribution in [0.25, 0.3) is 16.5 Å². The highest BCUT2D eigenvalue weighted by molar-refractivity contribution is 14.1. The van der Waals surface area contributed by atoms with Gasteiger partial charge in [-0.05, 0) is 18.1 Å². The molecule has 2 aromatic rings. The minimum Gasteiger partial charge on any atom is -0.360 e. The SMILES string of the molecule is O=[N+]([O-])c1ccc2c(C3=CCN(I)CC3)c[nH]c2c1. The fourth-order valence-corrected chi connectivity index (χ4v) is 2.82. The molecule has 0 unspecified atom stereocenters. The van der Waals surface area contributed by atoms with Gasteiger partial charge in [0.2, 0.25) is 0 Å². The van der Waals surface area contributed by atoms with Gasteiger partial charge in [-0.3, -0.25) is 10.1 Å². The van der Waals surface area contributed by atoms with Gasteiger partial charge in [-0.1, -0.05) is 6.08 Å². The number of hydrogen-bond acceptors (Lipinski definition) is 3. The average Bonchev–Trinajstić information content (AvgIpc) is 2.82. The highest BCUT2D eigenvalue weighted by atomic mass is 127. The Hall–Kier alpha value is -1.41. The van der Waals surface area contributed by atoms with Crippen LogP contribution < -0.4 is 0 Å². The fraction of sp³-hybridized carbons (Fsp3) is 0.231. The maximum absolute atomic E-state index is 10.8. The lowest BCUT2D eigenvalue weighted by molar-refractivity contribution is -0.384. The molecule has 6 heteroatoms. The third-order valence-corrected chi connectivity index (χ3v) is 4.26. The van der Waals surface area contributed by atoms with Crippen molar-refractivity contribution in [3.05, 3.63) is 46.1 Å². The molecule has 0 amide bonds. The van der Waals surface area contributed by atoms with Crippen LogP contribution in [0.4, 0.5) is 5.69 Å². The van der Waals surface area contributed by atoms with Gasteiger partial charge in [0.1, 0.15) is 0 Å². The Morgan fingerprint density at radius 2 is 2.26 bits per heavy atom. The monoisotopic (exact) mass is 369 g/mol. The molecule has 19 heavy (non-hydrogen) atoms. The van der Waals surface area contributed by atoms with E-state index in [4.69, 9.17) is 0 Å². The summed E-state index contributed by atoms with van der Waals surface area (Å²) in [4.78, 5) is 13.5. The lowest BCUT2D eigenvalue weighted by Gasteiger charge is -2.19. The first kappa shape index (κ1) is 12.6. The van der Waals surface area contributed by atoms with Crippen molar-refractivity contribution in [3.63, 3.8) is 0 Å². The number of H-pyrrole nitrogens is 1. The number of nitro benzene ring substituents is 1. The molecule has 98 valence electrons. The maximum Gasteiger partial charge on any atom is 0.271 e. The van der Waals surface area contributed by atoms with Crippen molar-refractivity contribution in [2.75, 3.05) is 13.1 Å². The molecule has 1 aliphatic heterocycles. The number of non-ortho nitro benzene ring substituents is 1. The van der Waals surface area contributed by atoms with Crippen molar-refractivity contribution < 1.29 is 4.92 Å². The Morgan fingerprint density at radius 3 is 2.95 bits per heavy atom. The summed E-state index contributed by atoms with van der Waals surface area (Å²) in [5.41, 5.74) is 3.42. The van der Waals surface area contributed by atoms with E-state index in [1.807, 2.05) is 12.3 Å². The lowest BCUT2D eigenvalue weighted by Crippen LogP contribution is -2.17. The topological polar surface area (TPSA) is 62.2 Å². The van der Waals surface area contributed by atoms with E-state index in [1.165, 1.54) is 5.57 Å². The molecule has 0 spiro atoms. The van der Waals surface area contributed by atoms with Gasteiger partial charge in [-0.15, -0.1) is 0 Å². The number of nitro groups is 1. The van der Waals surface area contributed by atoms with E-state index in [0.29, 0.717) is 0 Å². The van der Waals surface area contributed by atoms with Crippen LogP contribution in [0.3, 0.4) is 0 Å². The summed E-state index contributed by atoms with van der Waals surface area (Å²) in [6.45, 7) is 1.97. The van der Waals surface area contributed by atoms with E-state index in [9.17, 15) is 10.1 Å². The van der Waals surface area contributed by atoms with Crippen LogP contribution in [0.1, 0.15) is 12.0 Å². The first-order chi connectivity index (χ1) is 9.15. The Bertz CT molecular complexity index is 678. The molecule has 2 heterocycles. The van der Waals surface area contributed by atoms with Crippen molar-refractivity contribution in [1.29, 1.82) is 0 Å². The summed E-state index contributed by atoms with van der Waals surface area (Å²) in [6, 6.07) is 4.98. The van der Waals surface area contributed by atoms with Gasteiger partial charge in [0.05, 0.1) is 10.4 Å². The normalized spacial score (nSPS) is 16.6. The molecule has 5 nitrogen and oxygen atoms in total. The number of halogens is 1. The molecular weight excluding hydrogens is 357 g/mol. The second kappa shape index (κ2) is 4.93. The summed E-state index contributed by atoms with van der Waals surface area (Å²) >= 11 is 2.32. The minimum atomic E-state index is -0.367. The van der Waals surface area contributed by atoms with Crippen molar-refractivity contribution in [2.45, 2.75) is 6.42 Å². The molecule has 1 aromatic heterocycles. The van der Waals surface area contributed by atoms with Gasteiger partial charge < -0.3 is 4.98 Å². The number of aromatic amines is 1. The van der Waals surface area contributed by atoms with Crippen molar-refractivity contribution in [3.8, 4) is 0 Å². The largest absolute Gasteiger partial charge is 0.360 e. The summed E-state index contributed by atoms with van der Waals surface area (Å²) < 4.78 is 2.24. The fourth-order valence-electron chi connectivity index (χ4n) is 2.38. The zero-order valence-electron chi connectivity index (χ0n) is 10.1. The van der Waals surface area contributed by atoms with E-state index in [2.05, 4.69) is 37.0 Å². The molecule has 0 bridgehead atoms. The van der Waals surface area contributed by atoms with E-state index < -0.39 is 0 Å². The van der Waals surface area contributed by atoms with Crippen LogP contribution in [-0.4, -0.2) is 26.1 Å². The average molecular weight is 369 g/mol. The molecule has 0 aliphatic carbocycles. The van der Waals surface area contributed by atoms with Crippen molar-refractivity contribution >= 4 is 45.0 Å². The molecule has 0 fully saturated rings. The predicted molar refractivity (Wildman–Crippen MR) is 83.1 cm³/mol. The van der Waals surface area contributed by atoms with E-state index in [1.54, 1.807) is 12.1 Å². The quantitative estimate of drug-likeness (QED) is 0.381. The number of nitrogens with zero attached hydrogens (tertiary/aromatic N) is 2.